The van der Waals surface area contributed by atoms with Crippen molar-refractivity contribution in [3.05, 3.63) is 35.9 Å². The minimum absolute atomic E-state index is 0.0682. The quantitative estimate of drug-likeness (QED) is 0.882. The highest BCUT2D eigenvalue weighted by Crippen LogP contribution is 2.35. The van der Waals surface area contributed by atoms with Gasteiger partial charge in [-0.2, -0.15) is 0 Å². The molecule has 3 rings (SSSR count). The summed E-state index contributed by atoms with van der Waals surface area (Å²) < 4.78 is 0. The van der Waals surface area contributed by atoms with Crippen molar-refractivity contribution in [3.8, 4) is 0 Å². The second-order valence-electron chi connectivity index (χ2n) is 7.75. The van der Waals surface area contributed by atoms with Gasteiger partial charge in [0.15, 0.2) is 0 Å². The zero-order chi connectivity index (χ0) is 19.4. The third-order valence-corrected chi connectivity index (χ3v) is 6.13. The van der Waals surface area contributed by atoms with Gasteiger partial charge in [0.1, 0.15) is 5.54 Å². The van der Waals surface area contributed by atoms with Crippen LogP contribution in [0, 0.1) is 5.92 Å². The first-order chi connectivity index (χ1) is 13.0. The summed E-state index contributed by atoms with van der Waals surface area (Å²) in [6.07, 6.45) is 5.12. The summed E-state index contributed by atoms with van der Waals surface area (Å²) in [7, 11) is 1.62. The van der Waals surface area contributed by atoms with Crippen LogP contribution < -0.4 is 0 Å². The van der Waals surface area contributed by atoms with Crippen LogP contribution in [0.25, 0.3) is 0 Å². The molecular weight excluding hydrogens is 344 g/mol. The fourth-order valence-electron chi connectivity index (χ4n) is 4.44. The number of carbonyl (C=O) groups is 3. The zero-order valence-corrected chi connectivity index (χ0v) is 15.9. The van der Waals surface area contributed by atoms with Gasteiger partial charge in [0.25, 0.3) is 5.91 Å². The Morgan fingerprint density at radius 2 is 1.74 bits per heavy atom. The van der Waals surface area contributed by atoms with Crippen LogP contribution in [0.15, 0.2) is 30.3 Å². The number of likely N-dealkylation sites (tertiary alicyclic amines) is 1. The number of benzene rings is 1. The number of carbonyl (C=O) groups excluding carboxylic acids is 2. The van der Waals surface area contributed by atoms with E-state index in [-0.39, 0.29) is 17.7 Å². The molecule has 0 bridgehead atoms. The molecule has 2 aliphatic rings. The molecule has 1 unspecified atom stereocenters. The number of likely N-dealkylation sites (N-methyl/N-ethyl adjacent to an activating group) is 1. The minimum atomic E-state index is -1.10. The van der Waals surface area contributed by atoms with Crippen molar-refractivity contribution in [2.45, 2.75) is 50.5 Å². The topological polar surface area (TPSA) is 77.9 Å². The predicted molar refractivity (Wildman–Crippen MR) is 101 cm³/mol. The summed E-state index contributed by atoms with van der Waals surface area (Å²) in [6.45, 7) is 0.984. The number of nitrogens with zero attached hydrogens (tertiary/aromatic N) is 2. The maximum absolute atomic E-state index is 13.1. The first-order valence-corrected chi connectivity index (χ1v) is 9.81. The Labute approximate surface area is 160 Å². The van der Waals surface area contributed by atoms with Gasteiger partial charge in [0, 0.05) is 25.7 Å². The normalized spacial score (nSPS) is 22.1. The van der Waals surface area contributed by atoms with E-state index in [9.17, 15) is 19.5 Å². The van der Waals surface area contributed by atoms with Crippen LogP contribution in [0.5, 0.6) is 0 Å². The van der Waals surface area contributed by atoms with Gasteiger partial charge in [0.05, 0.1) is 5.92 Å². The number of carboxylic acid groups (broad SMARTS) is 1. The fraction of sp³-hybridized carbons (Fsp3) is 0.571. The molecule has 27 heavy (non-hydrogen) atoms. The van der Waals surface area contributed by atoms with E-state index in [4.69, 9.17) is 0 Å². The summed E-state index contributed by atoms with van der Waals surface area (Å²) in [6, 6.07) is 9.08. The Kier molecular flexibility index (Phi) is 5.82. The fourth-order valence-corrected chi connectivity index (χ4v) is 4.44. The van der Waals surface area contributed by atoms with Crippen LogP contribution in [0.1, 0.15) is 55.3 Å². The van der Waals surface area contributed by atoms with Crippen molar-refractivity contribution in [2.75, 3.05) is 20.1 Å². The maximum Gasteiger partial charge on any atom is 0.329 e. The molecule has 2 amide bonds. The molecule has 0 spiro atoms. The van der Waals surface area contributed by atoms with Crippen molar-refractivity contribution in [2.24, 2.45) is 5.92 Å². The van der Waals surface area contributed by atoms with Crippen molar-refractivity contribution < 1.29 is 19.5 Å². The van der Waals surface area contributed by atoms with Gasteiger partial charge in [-0.15, -0.1) is 0 Å². The lowest BCUT2D eigenvalue weighted by Gasteiger charge is -2.43. The molecule has 1 aliphatic carbocycles. The largest absolute Gasteiger partial charge is 0.479 e. The second kappa shape index (κ2) is 8.11. The summed E-state index contributed by atoms with van der Waals surface area (Å²) in [5, 5.41) is 9.84. The molecule has 0 radical (unpaired) electrons. The molecule has 1 saturated heterocycles. The van der Waals surface area contributed by atoms with Crippen molar-refractivity contribution >= 4 is 17.8 Å². The Morgan fingerprint density at radius 1 is 1.07 bits per heavy atom. The van der Waals surface area contributed by atoms with Crippen molar-refractivity contribution in [1.82, 2.24) is 9.80 Å². The molecule has 1 atom stereocenters. The van der Waals surface area contributed by atoms with Crippen molar-refractivity contribution in [3.63, 3.8) is 0 Å². The average Bonchev–Trinajstić information content (AvgIpc) is 2.73. The number of aliphatic carboxylic acids is 1. The zero-order valence-electron chi connectivity index (χ0n) is 15.9. The van der Waals surface area contributed by atoms with E-state index in [0.29, 0.717) is 37.9 Å². The second-order valence-corrected chi connectivity index (χ2v) is 7.75. The van der Waals surface area contributed by atoms with E-state index in [1.54, 1.807) is 24.1 Å². The Morgan fingerprint density at radius 3 is 2.37 bits per heavy atom. The number of piperidine rings is 1. The van der Waals surface area contributed by atoms with Gasteiger partial charge in [-0.25, -0.2) is 4.79 Å². The summed E-state index contributed by atoms with van der Waals surface area (Å²) >= 11 is 0. The maximum atomic E-state index is 13.1. The Hall–Kier alpha value is -2.37. The summed E-state index contributed by atoms with van der Waals surface area (Å²) in [4.78, 5) is 41.1. The molecule has 146 valence electrons. The average molecular weight is 372 g/mol. The third kappa shape index (κ3) is 3.84. The van der Waals surface area contributed by atoms with Gasteiger partial charge in [-0.05, 0) is 37.8 Å². The van der Waals surface area contributed by atoms with Gasteiger partial charge in [-0.1, -0.05) is 37.5 Å². The number of hydrogen-bond acceptors (Lipinski definition) is 3. The van der Waals surface area contributed by atoms with E-state index < -0.39 is 11.5 Å². The highest BCUT2D eigenvalue weighted by atomic mass is 16.4. The Balaban J connectivity index is 1.72. The smallest absolute Gasteiger partial charge is 0.329 e. The van der Waals surface area contributed by atoms with Crippen LogP contribution in [0.3, 0.4) is 0 Å². The van der Waals surface area contributed by atoms with Crippen LogP contribution in [0.4, 0.5) is 0 Å². The monoisotopic (exact) mass is 372 g/mol. The number of carboxylic acids is 1. The van der Waals surface area contributed by atoms with Gasteiger partial charge in [0.2, 0.25) is 5.91 Å². The molecule has 1 heterocycles. The van der Waals surface area contributed by atoms with E-state index in [1.807, 2.05) is 18.2 Å². The molecule has 6 heteroatoms. The molecule has 1 saturated carbocycles. The van der Waals surface area contributed by atoms with Crippen LogP contribution in [-0.4, -0.2) is 58.4 Å². The van der Waals surface area contributed by atoms with E-state index in [2.05, 4.69) is 0 Å². The van der Waals surface area contributed by atoms with Crippen LogP contribution in [-0.2, 0) is 9.59 Å². The van der Waals surface area contributed by atoms with E-state index in [0.717, 1.165) is 25.7 Å². The lowest BCUT2D eigenvalue weighted by Crippen LogP contribution is -2.59. The standard InChI is InChI=1S/C21H28N2O4/c1-22(21(20(26)27)12-6-3-7-13-21)18(24)17-11-8-14-23(15-17)19(25)16-9-4-2-5-10-16/h2,4-5,9-10,17H,3,6-8,11-15H2,1H3,(H,26,27). The lowest BCUT2D eigenvalue weighted by molar-refractivity contribution is -0.162. The number of amides is 2. The minimum Gasteiger partial charge on any atom is -0.479 e. The molecule has 1 aromatic rings. The predicted octanol–water partition coefficient (Wildman–Crippen LogP) is 2.78. The molecule has 0 aromatic heterocycles. The summed E-state index contributed by atoms with van der Waals surface area (Å²) in [5.41, 5.74) is -0.477. The molecule has 1 N–H and O–H groups in total. The molecule has 1 aliphatic heterocycles. The molecule has 2 fully saturated rings. The lowest BCUT2D eigenvalue weighted by atomic mass is 9.79. The van der Waals surface area contributed by atoms with E-state index >= 15 is 0 Å². The first-order valence-electron chi connectivity index (χ1n) is 9.81. The highest BCUT2D eigenvalue weighted by molar-refractivity contribution is 5.95. The van der Waals surface area contributed by atoms with Gasteiger partial charge >= 0.3 is 5.97 Å². The third-order valence-electron chi connectivity index (χ3n) is 6.13. The van der Waals surface area contributed by atoms with Gasteiger partial charge < -0.3 is 14.9 Å². The molecule has 1 aromatic carbocycles. The Bertz CT molecular complexity index is 697. The summed E-state index contributed by atoms with van der Waals surface area (Å²) in [5.74, 6) is -1.47. The van der Waals surface area contributed by atoms with Crippen LogP contribution in [0.2, 0.25) is 0 Å². The molecule has 6 nitrogen and oxygen atoms in total. The highest BCUT2D eigenvalue weighted by Gasteiger charge is 2.47. The molecular formula is C21H28N2O4. The van der Waals surface area contributed by atoms with Gasteiger partial charge in [-0.3, -0.25) is 9.59 Å². The van der Waals surface area contributed by atoms with Crippen molar-refractivity contribution in [1.29, 1.82) is 0 Å². The first kappa shape index (κ1) is 19.4. The number of rotatable bonds is 4. The SMILES string of the molecule is CN(C(=O)C1CCCN(C(=O)c2ccccc2)C1)C1(C(=O)O)CCCCC1. The van der Waals surface area contributed by atoms with E-state index in [1.165, 1.54) is 4.90 Å². The number of hydrogen-bond donors (Lipinski definition) is 1. The van der Waals surface area contributed by atoms with Crippen LogP contribution >= 0.6 is 0 Å².